The Hall–Kier alpha value is -4.02. The summed E-state index contributed by atoms with van der Waals surface area (Å²) in [6.07, 6.45) is 1.40. The van der Waals surface area contributed by atoms with Crippen LogP contribution in [0, 0.1) is 18.3 Å². The quantitative estimate of drug-likeness (QED) is 0.456. The number of para-hydroxylation sites is 1. The highest BCUT2D eigenvalue weighted by Gasteiger charge is 2.18. The molecule has 154 valence electrons. The molecule has 4 aromatic rings. The van der Waals surface area contributed by atoms with Crippen molar-refractivity contribution in [3.63, 3.8) is 0 Å². The van der Waals surface area contributed by atoms with E-state index in [1.54, 1.807) is 30.3 Å². The number of carbonyl (C=O) groups excluding carboxylic acids is 1. The highest BCUT2D eigenvalue weighted by Crippen LogP contribution is 2.24. The fourth-order valence-electron chi connectivity index (χ4n) is 2.99. The van der Waals surface area contributed by atoms with Crippen LogP contribution >= 0.6 is 11.6 Å². The Morgan fingerprint density at radius 2 is 2.03 bits per heavy atom. The first-order valence-electron chi connectivity index (χ1n) is 9.37. The number of aryl methyl sites for hydroxylation is 1. The topological polar surface area (TPSA) is 93.1 Å². The molecule has 2 aromatic heterocycles. The van der Waals surface area contributed by atoms with Crippen molar-refractivity contribution >= 4 is 23.3 Å². The number of hydrogen-bond donors (Lipinski definition) is 1. The molecule has 7 nitrogen and oxygen atoms in total. The molecule has 0 saturated carbocycles. The van der Waals surface area contributed by atoms with Gasteiger partial charge in [0, 0.05) is 5.02 Å². The monoisotopic (exact) mass is 432 g/mol. The molecule has 0 fully saturated rings. The van der Waals surface area contributed by atoms with E-state index in [9.17, 15) is 10.1 Å². The van der Waals surface area contributed by atoms with Gasteiger partial charge in [0.1, 0.15) is 29.7 Å². The van der Waals surface area contributed by atoms with E-state index in [-0.39, 0.29) is 23.7 Å². The molecule has 0 saturated heterocycles. The minimum Gasteiger partial charge on any atom is -0.485 e. The van der Waals surface area contributed by atoms with Crippen LogP contribution in [0.15, 0.2) is 71.3 Å². The maximum Gasteiger partial charge on any atom is 0.292 e. The lowest BCUT2D eigenvalue weighted by molar-refractivity contribution is 0.0992. The summed E-state index contributed by atoms with van der Waals surface area (Å²) in [7, 11) is 0. The standard InChI is InChI=1S/C23H17ClN4O3/c1-15-11-17(24)7-9-20(15)30-14-19-8-10-21(31-19)23(29)27-22-16(12-25)13-26-28(22)18-5-3-2-4-6-18/h2-11,13H,14H2,1H3,(H,27,29). The van der Waals surface area contributed by atoms with Gasteiger partial charge in [-0.2, -0.15) is 10.4 Å². The van der Waals surface area contributed by atoms with Gasteiger partial charge in [0.05, 0.1) is 11.9 Å². The number of halogens is 1. The third-order valence-electron chi connectivity index (χ3n) is 4.51. The van der Waals surface area contributed by atoms with E-state index in [2.05, 4.69) is 10.4 Å². The van der Waals surface area contributed by atoms with Crippen LogP contribution in [0.2, 0.25) is 5.02 Å². The molecule has 31 heavy (non-hydrogen) atoms. The van der Waals surface area contributed by atoms with Gasteiger partial charge in [0.2, 0.25) is 0 Å². The maximum absolute atomic E-state index is 12.7. The number of nitriles is 1. The fraction of sp³-hybridized carbons (Fsp3) is 0.0870. The zero-order chi connectivity index (χ0) is 21.8. The van der Waals surface area contributed by atoms with Crippen LogP contribution in [0.25, 0.3) is 5.69 Å². The zero-order valence-electron chi connectivity index (χ0n) is 16.5. The van der Waals surface area contributed by atoms with Crippen molar-refractivity contribution in [3.05, 3.63) is 94.5 Å². The molecule has 0 aliphatic carbocycles. The molecule has 0 spiro atoms. The predicted molar refractivity (Wildman–Crippen MR) is 115 cm³/mol. The van der Waals surface area contributed by atoms with Crippen molar-refractivity contribution in [2.75, 3.05) is 5.32 Å². The average molecular weight is 433 g/mol. The smallest absolute Gasteiger partial charge is 0.292 e. The molecule has 1 amide bonds. The SMILES string of the molecule is Cc1cc(Cl)ccc1OCc1ccc(C(=O)Nc2c(C#N)cnn2-c2ccccc2)o1. The van der Waals surface area contributed by atoms with Gasteiger partial charge in [-0.1, -0.05) is 29.8 Å². The van der Waals surface area contributed by atoms with E-state index in [0.29, 0.717) is 22.2 Å². The molecule has 0 aliphatic rings. The minimum absolute atomic E-state index is 0.0936. The maximum atomic E-state index is 12.7. The van der Waals surface area contributed by atoms with Crippen molar-refractivity contribution < 1.29 is 13.9 Å². The first-order chi connectivity index (χ1) is 15.0. The second-order valence-electron chi connectivity index (χ2n) is 6.68. The summed E-state index contributed by atoms with van der Waals surface area (Å²) in [6.45, 7) is 2.05. The van der Waals surface area contributed by atoms with Gasteiger partial charge < -0.3 is 14.5 Å². The second-order valence-corrected chi connectivity index (χ2v) is 7.12. The molecule has 2 aromatic carbocycles. The Morgan fingerprint density at radius 1 is 1.23 bits per heavy atom. The van der Waals surface area contributed by atoms with Crippen molar-refractivity contribution in [1.82, 2.24) is 9.78 Å². The number of furan rings is 1. The molecule has 0 bridgehead atoms. The van der Waals surface area contributed by atoms with Crippen LogP contribution in [-0.4, -0.2) is 15.7 Å². The van der Waals surface area contributed by atoms with Gasteiger partial charge in [-0.3, -0.25) is 4.79 Å². The zero-order valence-corrected chi connectivity index (χ0v) is 17.3. The van der Waals surface area contributed by atoms with E-state index >= 15 is 0 Å². The number of anilines is 1. The number of aromatic nitrogens is 2. The molecular formula is C23H17ClN4O3. The molecule has 0 unspecified atom stereocenters. The van der Waals surface area contributed by atoms with Crippen LogP contribution in [0.1, 0.15) is 27.4 Å². The van der Waals surface area contributed by atoms with E-state index in [1.165, 1.54) is 10.9 Å². The van der Waals surface area contributed by atoms with E-state index < -0.39 is 5.91 Å². The first-order valence-corrected chi connectivity index (χ1v) is 9.75. The van der Waals surface area contributed by atoms with Crippen LogP contribution in [0.4, 0.5) is 5.82 Å². The van der Waals surface area contributed by atoms with Gasteiger partial charge in [-0.05, 0) is 55.0 Å². The van der Waals surface area contributed by atoms with E-state index in [1.807, 2.05) is 43.3 Å². The highest BCUT2D eigenvalue weighted by molar-refractivity contribution is 6.30. The molecular weight excluding hydrogens is 416 g/mol. The first kappa shape index (κ1) is 20.3. The van der Waals surface area contributed by atoms with Crippen molar-refractivity contribution in [3.8, 4) is 17.5 Å². The Bertz CT molecular complexity index is 1270. The molecule has 0 aliphatic heterocycles. The lowest BCUT2D eigenvalue weighted by Gasteiger charge is -2.09. The molecule has 0 atom stereocenters. The number of rotatable bonds is 6. The summed E-state index contributed by atoms with van der Waals surface area (Å²) >= 11 is 5.96. The number of nitrogens with zero attached hydrogens (tertiary/aromatic N) is 3. The third-order valence-corrected chi connectivity index (χ3v) is 4.75. The van der Waals surface area contributed by atoms with E-state index in [4.69, 9.17) is 20.8 Å². The summed E-state index contributed by atoms with van der Waals surface area (Å²) in [4.78, 5) is 12.7. The number of hydrogen-bond acceptors (Lipinski definition) is 5. The van der Waals surface area contributed by atoms with Gasteiger partial charge in [0.25, 0.3) is 5.91 Å². The number of ether oxygens (including phenoxy) is 1. The van der Waals surface area contributed by atoms with Crippen molar-refractivity contribution in [1.29, 1.82) is 5.26 Å². The van der Waals surface area contributed by atoms with Gasteiger partial charge in [-0.15, -0.1) is 0 Å². The largest absolute Gasteiger partial charge is 0.485 e. The number of benzene rings is 2. The Kier molecular flexibility index (Phi) is 5.74. The number of nitrogens with one attached hydrogen (secondary N) is 1. The molecule has 4 rings (SSSR count). The third kappa shape index (κ3) is 4.44. The fourth-order valence-corrected chi connectivity index (χ4v) is 3.21. The summed E-state index contributed by atoms with van der Waals surface area (Å²) in [5.74, 6) is 1.03. The van der Waals surface area contributed by atoms with Crippen LogP contribution in [-0.2, 0) is 6.61 Å². The van der Waals surface area contributed by atoms with Gasteiger partial charge in [-0.25, -0.2) is 4.68 Å². The number of amides is 1. The minimum atomic E-state index is -0.497. The molecule has 1 N–H and O–H groups in total. The van der Waals surface area contributed by atoms with Crippen LogP contribution < -0.4 is 10.1 Å². The van der Waals surface area contributed by atoms with E-state index in [0.717, 1.165) is 5.56 Å². The summed E-state index contributed by atoms with van der Waals surface area (Å²) < 4.78 is 12.9. The second kappa shape index (κ2) is 8.78. The average Bonchev–Trinajstić information content (AvgIpc) is 3.41. The highest BCUT2D eigenvalue weighted by atomic mass is 35.5. The van der Waals surface area contributed by atoms with Crippen molar-refractivity contribution in [2.45, 2.75) is 13.5 Å². The molecule has 8 heteroatoms. The number of carbonyl (C=O) groups is 1. The normalized spacial score (nSPS) is 10.5. The van der Waals surface area contributed by atoms with Crippen LogP contribution in [0.5, 0.6) is 5.75 Å². The van der Waals surface area contributed by atoms with Crippen molar-refractivity contribution in [2.24, 2.45) is 0 Å². The van der Waals surface area contributed by atoms with Gasteiger partial charge >= 0.3 is 0 Å². The Morgan fingerprint density at radius 3 is 2.77 bits per heavy atom. The van der Waals surface area contributed by atoms with Crippen LogP contribution in [0.3, 0.4) is 0 Å². The summed E-state index contributed by atoms with van der Waals surface area (Å²) in [5, 5.41) is 16.9. The lowest BCUT2D eigenvalue weighted by Crippen LogP contribution is -2.15. The predicted octanol–water partition coefficient (Wildman–Crippen LogP) is 5.13. The summed E-state index contributed by atoms with van der Waals surface area (Å²) in [5.41, 5.74) is 1.85. The molecule has 2 heterocycles. The summed E-state index contributed by atoms with van der Waals surface area (Å²) in [6, 6.07) is 19.8. The van der Waals surface area contributed by atoms with Gasteiger partial charge in [0.15, 0.2) is 11.6 Å². The molecule has 0 radical (unpaired) electrons. The Labute approximate surface area is 183 Å². The lowest BCUT2D eigenvalue weighted by atomic mass is 10.2. The Balaban J connectivity index is 1.49.